The van der Waals surface area contributed by atoms with E-state index < -0.39 is 11.6 Å². The van der Waals surface area contributed by atoms with Crippen LogP contribution in [-0.2, 0) is 16.9 Å². The van der Waals surface area contributed by atoms with E-state index in [1.165, 1.54) is 0 Å². The Hall–Kier alpha value is -2.41. The highest BCUT2D eigenvalue weighted by atomic mass is 35.5. The average molecular weight is 335 g/mol. The lowest BCUT2D eigenvalue weighted by Gasteiger charge is -2.25. The van der Waals surface area contributed by atoms with Crippen LogP contribution in [0.4, 0.5) is 4.79 Å². The van der Waals surface area contributed by atoms with Crippen LogP contribution in [0.3, 0.4) is 0 Å². The lowest BCUT2D eigenvalue weighted by Crippen LogP contribution is -2.43. The van der Waals surface area contributed by atoms with Gasteiger partial charge < -0.3 is 9.73 Å². The number of nitrogens with zero attached hydrogens (tertiary/aromatic N) is 3. The summed E-state index contributed by atoms with van der Waals surface area (Å²) >= 11 is 5.90. The van der Waals surface area contributed by atoms with Crippen molar-refractivity contribution >= 4 is 23.5 Å². The Morgan fingerprint density at radius 2 is 1.96 bits per heavy atom. The fraction of sp³-hybridized carbons (Fsp3) is 0.333. The maximum atomic E-state index is 12.9. The molecule has 1 fully saturated rings. The summed E-state index contributed by atoms with van der Waals surface area (Å²) in [5.41, 5.74) is -0.413. The molecule has 7 nitrogen and oxygen atoms in total. The van der Waals surface area contributed by atoms with Gasteiger partial charge in [0, 0.05) is 11.9 Å². The number of carbonyl (C=O) groups is 2. The topological polar surface area (TPSA) is 88.3 Å². The predicted octanol–water partition coefficient (Wildman–Crippen LogP) is 2.39. The fourth-order valence-corrected chi connectivity index (χ4v) is 2.81. The van der Waals surface area contributed by atoms with Gasteiger partial charge in [-0.25, -0.2) is 4.79 Å². The first-order valence-corrected chi connectivity index (χ1v) is 7.53. The average Bonchev–Trinajstić information content (AvgIpc) is 3.05. The summed E-state index contributed by atoms with van der Waals surface area (Å²) in [6.07, 6.45) is 0.415. The van der Waals surface area contributed by atoms with Gasteiger partial charge in [0.25, 0.3) is 5.91 Å². The van der Waals surface area contributed by atoms with Gasteiger partial charge in [0.2, 0.25) is 11.8 Å². The van der Waals surface area contributed by atoms with Gasteiger partial charge in [-0.05, 0) is 24.1 Å². The number of carbonyl (C=O) groups excluding carboxylic acids is 2. The second-order valence-corrected chi connectivity index (χ2v) is 5.74. The second kappa shape index (κ2) is 5.66. The van der Waals surface area contributed by atoms with Crippen LogP contribution in [0, 0.1) is 6.92 Å². The number of amides is 3. The standard InChI is InChI=1S/C15H15ClN4O3/c1-3-15(10-4-6-11(16)7-5-10)13(21)20(14(22)17-15)8-12-19-18-9(2)23-12/h4-7H,3,8H2,1-2H3,(H,17,22). The first-order chi connectivity index (χ1) is 11.0. The van der Waals surface area contributed by atoms with E-state index in [1.807, 2.05) is 6.92 Å². The van der Waals surface area contributed by atoms with E-state index in [9.17, 15) is 9.59 Å². The largest absolute Gasteiger partial charge is 0.424 e. The van der Waals surface area contributed by atoms with Gasteiger partial charge in [0.1, 0.15) is 12.1 Å². The van der Waals surface area contributed by atoms with Crippen LogP contribution in [0.25, 0.3) is 0 Å². The van der Waals surface area contributed by atoms with Crippen molar-refractivity contribution in [2.45, 2.75) is 32.4 Å². The van der Waals surface area contributed by atoms with Gasteiger partial charge in [-0.15, -0.1) is 10.2 Å². The Kier molecular flexibility index (Phi) is 3.81. The van der Waals surface area contributed by atoms with Crippen molar-refractivity contribution in [2.24, 2.45) is 0 Å². The minimum Gasteiger partial charge on any atom is -0.424 e. The Balaban J connectivity index is 1.93. The van der Waals surface area contributed by atoms with Crippen LogP contribution in [0.2, 0.25) is 5.02 Å². The minimum absolute atomic E-state index is 0.0547. The van der Waals surface area contributed by atoms with Crippen molar-refractivity contribution in [1.82, 2.24) is 20.4 Å². The molecule has 2 aromatic rings. The summed E-state index contributed by atoms with van der Waals surface area (Å²) in [6, 6.07) is 6.38. The van der Waals surface area contributed by atoms with E-state index in [4.69, 9.17) is 16.0 Å². The zero-order chi connectivity index (χ0) is 16.6. The van der Waals surface area contributed by atoms with Crippen molar-refractivity contribution in [3.63, 3.8) is 0 Å². The van der Waals surface area contributed by atoms with Crippen LogP contribution >= 0.6 is 11.6 Å². The third-order valence-corrected chi connectivity index (χ3v) is 4.16. The van der Waals surface area contributed by atoms with Gasteiger partial charge in [-0.2, -0.15) is 0 Å². The Morgan fingerprint density at radius 1 is 1.26 bits per heavy atom. The molecule has 3 rings (SSSR count). The normalized spacial score (nSPS) is 20.9. The molecule has 1 atom stereocenters. The van der Waals surface area contributed by atoms with Gasteiger partial charge in [0.05, 0.1) is 0 Å². The predicted molar refractivity (Wildman–Crippen MR) is 81.5 cm³/mol. The number of imide groups is 1. The van der Waals surface area contributed by atoms with Crippen molar-refractivity contribution in [1.29, 1.82) is 0 Å². The third-order valence-electron chi connectivity index (χ3n) is 3.90. The number of nitrogens with one attached hydrogen (secondary N) is 1. The monoisotopic (exact) mass is 334 g/mol. The van der Waals surface area contributed by atoms with Crippen LogP contribution in [-0.4, -0.2) is 27.0 Å². The van der Waals surface area contributed by atoms with E-state index in [0.29, 0.717) is 22.9 Å². The van der Waals surface area contributed by atoms with Crippen molar-refractivity contribution in [3.8, 4) is 0 Å². The van der Waals surface area contributed by atoms with Crippen LogP contribution < -0.4 is 5.32 Å². The molecule has 0 bridgehead atoms. The molecule has 1 aromatic carbocycles. The van der Waals surface area contributed by atoms with Crippen molar-refractivity contribution in [2.75, 3.05) is 0 Å². The Morgan fingerprint density at radius 3 is 2.52 bits per heavy atom. The molecule has 1 aliphatic heterocycles. The number of rotatable bonds is 4. The van der Waals surface area contributed by atoms with Crippen molar-refractivity contribution in [3.05, 3.63) is 46.6 Å². The van der Waals surface area contributed by atoms with Crippen molar-refractivity contribution < 1.29 is 14.0 Å². The molecule has 1 aliphatic rings. The number of hydrogen-bond donors (Lipinski definition) is 1. The molecule has 3 amide bonds. The molecular formula is C15H15ClN4O3. The maximum absolute atomic E-state index is 12.9. The number of halogens is 1. The molecule has 2 heterocycles. The van der Waals surface area contributed by atoms with Crippen LogP contribution in [0.5, 0.6) is 0 Å². The highest BCUT2D eigenvalue weighted by Crippen LogP contribution is 2.33. The number of benzene rings is 1. The maximum Gasteiger partial charge on any atom is 0.325 e. The summed E-state index contributed by atoms with van der Waals surface area (Å²) in [7, 11) is 0. The molecule has 1 saturated heterocycles. The molecule has 0 aliphatic carbocycles. The molecule has 1 unspecified atom stereocenters. The van der Waals surface area contributed by atoms with Crippen LogP contribution in [0.1, 0.15) is 30.7 Å². The molecular weight excluding hydrogens is 320 g/mol. The Bertz CT molecular complexity index is 758. The number of aryl methyl sites for hydroxylation is 1. The number of hydrogen-bond acceptors (Lipinski definition) is 5. The molecule has 8 heteroatoms. The highest BCUT2D eigenvalue weighted by Gasteiger charge is 2.51. The van der Waals surface area contributed by atoms with Crippen LogP contribution in [0.15, 0.2) is 28.7 Å². The summed E-state index contributed by atoms with van der Waals surface area (Å²) in [4.78, 5) is 26.3. The fourth-order valence-electron chi connectivity index (χ4n) is 2.68. The molecule has 23 heavy (non-hydrogen) atoms. The Labute approximate surface area is 137 Å². The van der Waals surface area contributed by atoms with Gasteiger partial charge in [0.15, 0.2) is 0 Å². The van der Waals surface area contributed by atoms with E-state index in [0.717, 1.165) is 4.90 Å². The molecule has 0 spiro atoms. The zero-order valence-corrected chi connectivity index (χ0v) is 13.4. The first-order valence-electron chi connectivity index (χ1n) is 7.15. The summed E-state index contributed by atoms with van der Waals surface area (Å²) < 4.78 is 5.25. The smallest absolute Gasteiger partial charge is 0.325 e. The molecule has 1 aromatic heterocycles. The SMILES string of the molecule is CCC1(c2ccc(Cl)cc2)NC(=O)N(Cc2nnc(C)o2)C1=O. The van der Waals surface area contributed by atoms with Gasteiger partial charge in [-0.1, -0.05) is 30.7 Å². The molecule has 0 radical (unpaired) electrons. The van der Waals surface area contributed by atoms with Gasteiger partial charge in [-0.3, -0.25) is 9.69 Å². The summed E-state index contributed by atoms with van der Waals surface area (Å²) in [6.45, 7) is 3.43. The summed E-state index contributed by atoms with van der Waals surface area (Å²) in [5, 5.41) is 10.9. The zero-order valence-electron chi connectivity index (χ0n) is 12.7. The molecule has 1 N–H and O–H groups in total. The third kappa shape index (κ3) is 2.57. The van der Waals surface area contributed by atoms with E-state index in [-0.39, 0.29) is 18.3 Å². The molecule has 0 saturated carbocycles. The summed E-state index contributed by atoms with van der Waals surface area (Å²) in [5.74, 6) is 0.253. The number of aromatic nitrogens is 2. The lowest BCUT2D eigenvalue weighted by atomic mass is 9.87. The first kappa shape index (κ1) is 15.5. The lowest BCUT2D eigenvalue weighted by molar-refractivity contribution is -0.132. The van der Waals surface area contributed by atoms with E-state index in [1.54, 1.807) is 31.2 Å². The number of urea groups is 1. The molecule has 120 valence electrons. The van der Waals surface area contributed by atoms with Gasteiger partial charge >= 0.3 is 6.03 Å². The second-order valence-electron chi connectivity index (χ2n) is 5.30. The highest BCUT2D eigenvalue weighted by molar-refractivity contribution is 6.30. The van der Waals surface area contributed by atoms with E-state index >= 15 is 0 Å². The quantitative estimate of drug-likeness (QED) is 0.867. The minimum atomic E-state index is -1.10. The van der Waals surface area contributed by atoms with E-state index in [2.05, 4.69) is 15.5 Å².